The van der Waals surface area contributed by atoms with Crippen LogP contribution in [0.25, 0.3) is 0 Å². The average Bonchev–Trinajstić information content (AvgIpc) is 2.47. The van der Waals surface area contributed by atoms with E-state index in [1.165, 1.54) is 12.4 Å². The Morgan fingerprint density at radius 3 is 2.85 bits per heavy atom. The standard InChI is InChI=1S/C15H18FN3O/c1-3-17-14(11-5-4-6-12(16)7-11)8-13-9-15(20-2)19-10-18-13/h4-7,9-10,14,17H,3,8H2,1-2H3. The summed E-state index contributed by atoms with van der Waals surface area (Å²) in [5.41, 5.74) is 1.76. The molecule has 5 heteroatoms. The van der Waals surface area contributed by atoms with Gasteiger partial charge in [-0.15, -0.1) is 0 Å². The zero-order valence-corrected chi connectivity index (χ0v) is 11.6. The van der Waals surface area contributed by atoms with Gasteiger partial charge in [-0.05, 0) is 24.2 Å². The molecule has 1 N–H and O–H groups in total. The summed E-state index contributed by atoms with van der Waals surface area (Å²) >= 11 is 0. The number of hydrogen-bond acceptors (Lipinski definition) is 4. The fourth-order valence-corrected chi connectivity index (χ4v) is 2.09. The molecule has 0 radical (unpaired) electrons. The van der Waals surface area contributed by atoms with E-state index in [0.717, 1.165) is 17.8 Å². The van der Waals surface area contributed by atoms with Crippen LogP contribution in [0.5, 0.6) is 5.88 Å². The summed E-state index contributed by atoms with van der Waals surface area (Å²) in [6, 6.07) is 8.43. The first-order valence-electron chi connectivity index (χ1n) is 6.56. The molecule has 0 spiro atoms. The number of rotatable bonds is 6. The number of likely N-dealkylation sites (N-methyl/N-ethyl adjacent to an activating group) is 1. The summed E-state index contributed by atoms with van der Waals surface area (Å²) in [4.78, 5) is 8.22. The van der Waals surface area contributed by atoms with Gasteiger partial charge in [-0.25, -0.2) is 14.4 Å². The number of halogens is 1. The van der Waals surface area contributed by atoms with E-state index in [-0.39, 0.29) is 11.9 Å². The van der Waals surface area contributed by atoms with Crippen LogP contribution in [0, 0.1) is 5.82 Å². The number of hydrogen-bond donors (Lipinski definition) is 1. The zero-order valence-electron chi connectivity index (χ0n) is 11.6. The van der Waals surface area contributed by atoms with Crippen LogP contribution in [0.3, 0.4) is 0 Å². The van der Waals surface area contributed by atoms with Crippen molar-refractivity contribution in [1.29, 1.82) is 0 Å². The van der Waals surface area contributed by atoms with Crippen LogP contribution in [0.1, 0.15) is 24.2 Å². The van der Waals surface area contributed by atoms with Gasteiger partial charge in [0.25, 0.3) is 0 Å². The minimum absolute atomic E-state index is 0.00954. The van der Waals surface area contributed by atoms with Gasteiger partial charge in [0.2, 0.25) is 5.88 Å². The number of ether oxygens (including phenoxy) is 1. The van der Waals surface area contributed by atoms with E-state index in [0.29, 0.717) is 12.3 Å². The third-order valence-corrected chi connectivity index (χ3v) is 3.02. The topological polar surface area (TPSA) is 47.0 Å². The van der Waals surface area contributed by atoms with Crippen LogP contribution in [-0.2, 0) is 6.42 Å². The number of methoxy groups -OCH3 is 1. The minimum atomic E-state index is -0.231. The van der Waals surface area contributed by atoms with E-state index in [4.69, 9.17) is 4.74 Å². The summed E-state index contributed by atoms with van der Waals surface area (Å²) in [6.07, 6.45) is 2.12. The van der Waals surface area contributed by atoms with E-state index in [2.05, 4.69) is 15.3 Å². The molecule has 1 heterocycles. The van der Waals surface area contributed by atoms with Crippen molar-refractivity contribution in [3.63, 3.8) is 0 Å². The second-order valence-corrected chi connectivity index (χ2v) is 4.42. The molecule has 106 valence electrons. The zero-order chi connectivity index (χ0) is 14.4. The van der Waals surface area contributed by atoms with Gasteiger partial charge in [0.05, 0.1) is 7.11 Å². The Balaban J connectivity index is 2.20. The third-order valence-electron chi connectivity index (χ3n) is 3.02. The molecule has 1 atom stereocenters. The van der Waals surface area contributed by atoms with Crippen molar-refractivity contribution >= 4 is 0 Å². The molecule has 0 saturated heterocycles. The average molecular weight is 275 g/mol. The Kier molecular flexibility index (Phi) is 5.01. The highest BCUT2D eigenvalue weighted by Crippen LogP contribution is 2.19. The van der Waals surface area contributed by atoms with E-state index in [1.807, 2.05) is 13.0 Å². The van der Waals surface area contributed by atoms with Crippen molar-refractivity contribution in [2.24, 2.45) is 0 Å². The first-order valence-corrected chi connectivity index (χ1v) is 6.56. The van der Waals surface area contributed by atoms with E-state index in [9.17, 15) is 4.39 Å². The lowest BCUT2D eigenvalue weighted by molar-refractivity contribution is 0.395. The number of nitrogens with zero attached hydrogens (tertiary/aromatic N) is 2. The molecule has 2 rings (SSSR count). The van der Waals surface area contributed by atoms with Gasteiger partial charge in [0.15, 0.2) is 0 Å². The second-order valence-electron chi connectivity index (χ2n) is 4.42. The van der Waals surface area contributed by atoms with Gasteiger partial charge >= 0.3 is 0 Å². The van der Waals surface area contributed by atoms with Crippen molar-refractivity contribution in [2.45, 2.75) is 19.4 Å². The molecule has 0 bridgehead atoms. The molecule has 0 saturated carbocycles. The van der Waals surface area contributed by atoms with Gasteiger partial charge in [-0.3, -0.25) is 0 Å². The molecule has 1 unspecified atom stereocenters. The van der Waals surface area contributed by atoms with Gasteiger partial charge in [0.1, 0.15) is 12.1 Å². The third kappa shape index (κ3) is 3.74. The number of benzene rings is 1. The highest BCUT2D eigenvalue weighted by Gasteiger charge is 2.13. The van der Waals surface area contributed by atoms with Crippen molar-refractivity contribution in [1.82, 2.24) is 15.3 Å². The van der Waals surface area contributed by atoms with Crippen LogP contribution < -0.4 is 10.1 Å². The minimum Gasteiger partial charge on any atom is -0.481 e. The summed E-state index contributed by atoms with van der Waals surface area (Å²) in [5.74, 6) is 0.301. The Morgan fingerprint density at radius 2 is 2.15 bits per heavy atom. The highest BCUT2D eigenvalue weighted by atomic mass is 19.1. The lowest BCUT2D eigenvalue weighted by Crippen LogP contribution is -2.23. The maximum atomic E-state index is 13.4. The smallest absolute Gasteiger partial charge is 0.216 e. The quantitative estimate of drug-likeness (QED) is 0.880. The Hall–Kier alpha value is -2.01. The van der Waals surface area contributed by atoms with E-state index < -0.39 is 0 Å². The monoisotopic (exact) mass is 275 g/mol. The Bertz CT molecular complexity index is 562. The summed E-state index contributed by atoms with van der Waals surface area (Å²) in [7, 11) is 1.57. The molecule has 1 aromatic heterocycles. The Labute approximate surface area is 118 Å². The van der Waals surface area contributed by atoms with Crippen LogP contribution >= 0.6 is 0 Å². The molecule has 0 aliphatic heterocycles. The molecular weight excluding hydrogens is 257 g/mol. The Morgan fingerprint density at radius 1 is 1.30 bits per heavy atom. The maximum Gasteiger partial charge on any atom is 0.216 e. The molecule has 4 nitrogen and oxygen atoms in total. The molecule has 0 fully saturated rings. The van der Waals surface area contributed by atoms with Gasteiger partial charge < -0.3 is 10.1 Å². The summed E-state index contributed by atoms with van der Waals surface area (Å²) in [6.45, 7) is 2.82. The van der Waals surface area contributed by atoms with Crippen molar-refractivity contribution in [3.8, 4) is 5.88 Å². The molecule has 0 aliphatic carbocycles. The highest BCUT2D eigenvalue weighted by molar-refractivity contribution is 5.23. The predicted octanol–water partition coefficient (Wildman–Crippen LogP) is 2.52. The van der Waals surface area contributed by atoms with E-state index in [1.54, 1.807) is 25.3 Å². The predicted molar refractivity (Wildman–Crippen MR) is 75.1 cm³/mol. The first-order chi connectivity index (χ1) is 9.72. The SMILES string of the molecule is CCNC(Cc1cc(OC)ncn1)c1cccc(F)c1. The maximum absolute atomic E-state index is 13.4. The lowest BCUT2D eigenvalue weighted by atomic mass is 10.0. The molecule has 0 amide bonds. The van der Waals surface area contributed by atoms with Gasteiger partial charge in [-0.1, -0.05) is 19.1 Å². The van der Waals surface area contributed by atoms with Crippen molar-refractivity contribution < 1.29 is 9.13 Å². The number of aromatic nitrogens is 2. The molecule has 20 heavy (non-hydrogen) atoms. The molecule has 0 aliphatic rings. The van der Waals surface area contributed by atoms with Crippen LogP contribution in [-0.4, -0.2) is 23.6 Å². The van der Waals surface area contributed by atoms with Crippen LogP contribution in [0.4, 0.5) is 4.39 Å². The number of nitrogens with one attached hydrogen (secondary N) is 1. The summed E-state index contributed by atoms with van der Waals surface area (Å²) < 4.78 is 18.4. The van der Waals surface area contributed by atoms with E-state index >= 15 is 0 Å². The largest absolute Gasteiger partial charge is 0.481 e. The summed E-state index contributed by atoms with van der Waals surface area (Å²) in [5, 5.41) is 3.34. The van der Waals surface area contributed by atoms with Crippen molar-refractivity contribution in [3.05, 3.63) is 53.7 Å². The van der Waals surface area contributed by atoms with Crippen molar-refractivity contribution in [2.75, 3.05) is 13.7 Å². The normalized spacial score (nSPS) is 12.2. The van der Waals surface area contributed by atoms with Crippen LogP contribution in [0.15, 0.2) is 36.7 Å². The lowest BCUT2D eigenvalue weighted by Gasteiger charge is -2.18. The van der Waals surface area contributed by atoms with Gasteiger partial charge in [0, 0.05) is 24.2 Å². The fourth-order valence-electron chi connectivity index (χ4n) is 2.09. The fraction of sp³-hybridized carbons (Fsp3) is 0.333. The molecule has 1 aromatic carbocycles. The molecule has 2 aromatic rings. The molecular formula is C15H18FN3O. The second kappa shape index (κ2) is 6.96. The first kappa shape index (κ1) is 14.4. The van der Waals surface area contributed by atoms with Gasteiger partial charge in [-0.2, -0.15) is 0 Å². The van der Waals surface area contributed by atoms with Crippen LogP contribution in [0.2, 0.25) is 0 Å².